The van der Waals surface area contributed by atoms with Crippen LogP contribution in [0.3, 0.4) is 0 Å². The summed E-state index contributed by atoms with van der Waals surface area (Å²) in [5.41, 5.74) is 0.993. The summed E-state index contributed by atoms with van der Waals surface area (Å²) < 4.78 is 1.51. The van der Waals surface area contributed by atoms with Crippen LogP contribution in [0.15, 0.2) is 24.5 Å². The molecule has 2 aromatic rings. The van der Waals surface area contributed by atoms with Gasteiger partial charge in [-0.05, 0) is 25.0 Å². The first-order valence-corrected chi connectivity index (χ1v) is 5.36. The van der Waals surface area contributed by atoms with Gasteiger partial charge in [0.15, 0.2) is 5.69 Å². The number of rotatable bonds is 3. The van der Waals surface area contributed by atoms with Gasteiger partial charge in [-0.15, -0.1) is 0 Å². The molecule has 0 saturated heterocycles. The molecule has 1 aliphatic carbocycles. The second kappa shape index (κ2) is 3.65. The smallest absolute Gasteiger partial charge is 0.354 e. The summed E-state index contributed by atoms with van der Waals surface area (Å²) in [6, 6.07) is 3.28. The molecule has 0 unspecified atom stereocenters. The predicted octanol–water partition coefficient (Wildman–Crippen LogP) is 1.24. The van der Waals surface area contributed by atoms with E-state index in [4.69, 9.17) is 5.11 Å². The van der Waals surface area contributed by atoms with Crippen LogP contribution in [0.2, 0.25) is 0 Å². The predicted molar refractivity (Wildman–Crippen MR) is 58.1 cm³/mol. The van der Waals surface area contributed by atoms with Gasteiger partial charge in [0.1, 0.15) is 0 Å². The van der Waals surface area contributed by atoms with E-state index >= 15 is 0 Å². The molecule has 6 heteroatoms. The molecular weight excluding hydrogens is 220 g/mol. The van der Waals surface area contributed by atoms with Crippen LogP contribution in [0.5, 0.6) is 0 Å². The average molecular weight is 230 g/mol. The number of hydrogen-bond acceptors (Lipinski definition) is 4. The van der Waals surface area contributed by atoms with Crippen molar-refractivity contribution in [3.05, 3.63) is 35.9 Å². The lowest BCUT2D eigenvalue weighted by atomic mass is 10.3. The maximum atomic E-state index is 10.8. The van der Waals surface area contributed by atoms with Crippen molar-refractivity contribution in [2.24, 2.45) is 0 Å². The molecule has 0 bridgehead atoms. The lowest BCUT2D eigenvalue weighted by molar-refractivity contribution is 0.0690. The Balaban J connectivity index is 1.96. The molecule has 2 aromatic heterocycles. The van der Waals surface area contributed by atoms with Gasteiger partial charge in [0, 0.05) is 18.3 Å². The third-order valence-electron chi connectivity index (χ3n) is 2.67. The van der Waals surface area contributed by atoms with Crippen molar-refractivity contribution in [2.75, 3.05) is 0 Å². The molecule has 1 aliphatic rings. The largest absolute Gasteiger partial charge is 0.477 e. The summed E-state index contributed by atoms with van der Waals surface area (Å²) in [5.74, 6) is -0.223. The lowest BCUT2D eigenvalue weighted by Gasteiger charge is -1.99. The first-order chi connectivity index (χ1) is 8.24. The van der Waals surface area contributed by atoms with E-state index in [1.165, 1.54) is 29.8 Å². The van der Waals surface area contributed by atoms with E-state index in [0.29, 0.717) is 5.92 Å². The highest BCUT2D eigenvalue weighted by Crippen LogP contribution is 2.38. The molecule has 1 saturated carbocycles. The van der Waals surface area contributed by atoms with E-state index < -0.39 is 5.97 Å². The molecule has 0 spiro atoms. The number of nitrogens with zero attached hydrogens (tertiary/aromatic N) is 4. The Morgan fingerprint density at radius 3 is 2.94 bits per heavy atom. The van der Waals surface area contributed by atoms with Gasteiger partial charge in [-0.25, -0.2) is 19.4 Å². The van der Waals surface area contributed by atoms with E-state index in [0.717, 1.165) is 5.69 Å². The normalized spacial score (nSPS) is 14.8. The minimum absolute atomic E-state index is 0.0292. The highest BCUT2D eigenvalue weighted by atomic mass is 16.4. The van der Waals surface area contributed by atoms with Crippen molar-refractivity contribution in [1.29, 1.82) is 0 Å². The minimum atomic E-state index is -1.07. The quantitative estimate of drug-likeness (QED) is 0.857. The van der Waals surface area contributed by atoms with Crippen molar-refractivity contribution in [3.8, 4) is 5.95 Å². The Bertz CT molecular complexity index is 574. The minimum Gasteiger partial charge on any atom is -0.477 e. The summed E-state index contributed by atoms with van der Waals surface area (Å²) >= 11 is 0. The highest BCUT2D eigenvalue weighted by Gasteiger charge is 2.26. The van der Waals surface area contributed by atoms with E-state index in [1.54, 1.807) is 6.20 Å². The van der Waals surface area contributed by atoms with Crippen molar-refractivity contribution in [3.63, 3.8) is 0 Å². The molecule has 0 aliphatic heterocycles. The van der Waals surface area contributed by atoms with Crippen LogP contribution in [0.1, 0.15) is 34.9 Å². The van der Waals surface area contributed by atoms with Gasteiger partial charge in [0.05, 0.1) is 5.69 Å². The van der Waals surface area contributed by atoms with Crippen molar-refractivity contribution in [2.45, 2.75) is 18.8 Å². The molecule has 3 rings (SSSR count). The number of carboxylic acid groups (broad SMARTS) is 1. The number of carboxylic acids is 1. The Labute approximate surface area is 96.9 Å². The zero-order valence-electron chi connectivity index (χ0n) is 8.95. The number of carbonyl (C=O) groups is 1. The summed E-state index contributed by atoms with van der Waals surface area (Å²) in [6.07, 6.45) is 5.53. The number of aromatic nitrogens is 4. The van der Waals surface area contributed by atoms with Crippen LogP contribution in [0.4, 0.5) is 0 Å². The Morgan fingerprint density at radius 1 is 1.41 bits per heavy atom. The third-order valence-corrected chi connectivity index (χ3v) is 2.67. The van der Waals surface area contributed by atoms with Crippen molar-refractivity contribution >= 4 is 5.97 Å². The van der Waals surface area contributed by atoms with Crippen LogP contribution < -0.4 is 0 Å². The molecular formula is C11H10N4O2. The second-order valence-electron chi connectivity index (χ2n) is 4.01. The fourth-order valence-electron chi connectivity index (χ4n) is 1.62. The maximum Gasteiger partial charge on any atom is 0.354 e. The molecule has 2 heterocycles. The first kappa shape index (κ1) is 9.95. The SMILES string of the molecule is O=C(O)c1ccnc(-n2ccc(C3CC3)n2)n1. The van der Waals surface area contributed by atoms with Crippen LogP contribution >= 0.6 is 0 Å². The maximum absolute atomic E-state index is 10.8. The van der Waals surface area contributed by atoms with E-state index in [1.807, 2.05) is 6.07 Å². The Morgan fingerprint density at radius 2 is 2.24 bits per heavy atom. The molecule has 0 amide bonds. The summed E-state index contributed by atoms with van der Waals surface area (Å²) in [4.78, 5) is 18.7. The number of aromatic carboxylic acids is 1. The van der Waals surface area contributed by atoms with Crippen LogP contribution in [0, 0.1) is 0 Å². The van der Waals surface area contributed by atoms with Crippen molar-refractivity contribution in [1.82, 2.24) is 19.7 Å². The van der Waals surface area contributed by atoms with E-state index in [-0.39, 0.29) is 11.6 Å². The fraction of sp³-hybridized carbons (Fsp3) is 0.273. The van der Waals surface area contributed by atoms with Crippen molar-refractivity contribution < 1.29 is 9.90 Å². The van der Waals surface area contributed by atoms with Gasteiger partial charge >= 0.3 is 5.97 Å². The zero-order valence-corrected chi connectivity index (χ0v) is 8.95. The molecule has 0 atom stereocenters. The summed E-state index contributed by atoms with van der Waals surface area (Å²) in [5, 5.41) is 13.2. The van der Waals surface area contributed by atoms with Gasteiger partial charge in [0.2, 0.25) is 0 Å². The molecule has 6 nitrogen and oxygen atoms in total. The summed E-state index contributed by atoms with van der Waals surface area (Å²) in [7, 11) is 0. The van der Waals surface area contributed by atoms with Gasteiger partial charge in [-0.1, -0.05) is 0 Å². The Hall–Kier alpha value is -2.24. The van der Waals surface area contributed by atoms with E-state index in [9.17, 15) is 4.79 Å². The second-order valence-corrected chi connectivity index (χ2v) is 4.01. The van der Waals surface area contributed by atoms with E-state index in [2.05, 4.69) is 15.1 Å². The lowest BCUT2D eigenvalue weighted by Crippen LogP contribution is -2.07. The average Bonchev–Trinajstić information content (AvgIpc) is 3.07. The first-order valence-electron chi connectivity index (χ1n) is 5.36. The Kier molecular flexibility index (Phi) is 2.14. The summed E-state index contributed by atoms with van der Waals surface area (Å²) in [6.45, 7) is 0. The third kappa shape index (κ3) is 1.89. The van der Waals surface area contributed by atoms with Gasteiger partial charge < -0.3 is 5.11 Å². The molecule has 1 N–H and O–H groups in total. The van der Waals surface area contributed by atoms with Gasteiger partial charge in [-0.3, -0.25) is 0 Å². The van der Waals surface area contributed by atoms with Crippen LogP contribution in [-0.2, 0) is 0 Å². The molecule has 0 radical (unpaired) electrons. The topological polar surface area (TPSA) is 80.9 Å². The molecule has 1 fully saturated rings. The monoisotopic (exact) mass is 230 g/mol. The van der Waals surface area contributed by atoms with Crippen LogP contribution in [0.25, 0.3) is 5.95 Å². The highest BCUT2D eigenvalue weighted by molar-refractivity contribution is 5.85. The molecule has 86 valence electrons. The zero-order chi connectivity index (χ0) is 11.8. The van der Waals surface area contributed by atoms with Gasteiger partial charge in [0.25, 0.3) is 5.95 Å². The fourth-order valence-corrected chi connectivity index (χ4v) is 1.62. The van der Waals surface area contributed by atoms with Crippen LogP contribution in [-0.4, -0.2) is 30.8 Å². The molecule has 17 heavy (non-hydrogen) atoms. The standard InChI is InChI=1S/C11H10N4O2/c16-10(17)9-3-5-12-11(13-9)15-6-4-8(14-15)7-1-2-7/h3-7H,1-2H2,(H,16,17). The molecule has 0 aromatic carbocycles. The number of hydrogen-bond donors (Lipinski definition) is 1. The van der Waals surface area contributed by atoms with Gasteiger partial charge in [-0.2, -0.15) is 5.10 Å².